The summed E-state index contributed by atoms with van der Waals surface area (Å²) in [4.78, 5) is 21.6. The molecule has 0 radical (unpaired) electrons. The molecule has 2 unspecified atom stereocenters. The number of carbonyl (C=O) groups excluding carboxylic acids is 1. The third-order valence-corrected chi connectivity index (χ3v) is 3.95. The van der Waals surface area contributed by atoms with Crippen LogP contribution in [0.15, 0.2) is 18.2 Å². The molecule has 0 spiro atoms. The van der Waals surface area contributed by atoms with Crippen molar-refractivity contribution >= 4 is 39.3 Å². The fraction of sp³-hybridized carbons (Fsp3) is 0.333. The number of carboxylic acids is 1. The van der Waals surface area contributed by atoms with Crippen LogP contribution in [-0.4, -0.2) is 22.0 Å². The fourth-order valence-corrected chi connectivity index (χ4v) is 2.36. The van der Waals surface area contributed by atoms with E-state index in [1.807, 2.05) is 0 Å². The van der Waals surface area contributed by atoms with Crippen molar-refractivity contribution in [1.29, 1.82) is 0 Å². The highest BCUT2D eigenvalue weighted by atomic mass is 79.9. The molecule has 2 N–H and O–H groups in total. The highest BCUT2D eigenvalue weighted by molar-refractivity contribution is 9.09. The Labute approximate surface area is 118 Å². The van der Waals surface area contributed by atoms with Crippen molar-refractivity contribution in [2.45, 2.75) is 23.7 Å². The van der Waals surface area contributed by atoms with Gasteiger partial charge in [0.2, 0.25) is 0 Å². The minimum atomic E-state index is -1.65. The van der Waals surface area contributed by atoms with Crippen LogP contribution in [0, 0.1) is 0 Å². The highest BCUT2D eigenvalue weighted by Crippen LogP contribution is 2.32. The first kappa shape index (κ1) is 15.1. The normalized spacial score (nSPS) is 14.0. The summed E-state index contributed by atoms with van der Waals surface area (Å²) in [5.74, 6) is -1.46. The molecule has 1 rings (SSSR count). The van der Waals surface area contributed by atoms with Crippen LogP contribution >= 0.6 is 27.5 Å². The maximum atomic E-state index is 11.4. The number of halogens is 2. The molecule has 4 nitrogen and oxygen atoms in total. The largest absolute Gasteiger partial charge is 0.479 e. The Balaban J connectivity index is 3.34. The summed E-state index contributed by atoms with van der Waals surface area (Å²) in [5, 5.41) is 18.4. The number of aliphatic carboxylic acids is 1. The van der Waals surface area contributed by atoms with E-state index in [-0.39, 0.29) is 17.2 Å². The molecule has 0 aliphatic heterocycles. The number of carboxylic acid groups (broad SMARTS) is 1. The van der Waals surface area contributed by atoms with Gasteiger partial charge in [-0.05, 0) is 23.6 Å². The Morgan fingerprint density at radius 3 is 2.39 bits per heavy atom. The van der Waals surface area contributed by atoms with Crippen molar-refractivity contribution in [2.75, 3.05) is 0 Å². The van der Waals surface area contributed by atoms with Gasteiger partial charge in [0.25, 0.3) is 0 Å². The Kier molecular flexibility index (Phi) is 5.31. The first-order chi connectivity index (χ1) is 8.40. The molecule has 0 saturated carbocycles. The number of carbonyl (C=O) groups is 2. The lowest BCUT2D eigenvalue weighted by atomic mass is 9.95. The molecule has 0 saturated heterocycles. The van der Waals surface area contributed by atoms with E-state index in [9.17, 15) is 14.7 Å². The van der Waals surface area contributed by atoms with Gasteiger partial charge >= 0.3 is 5.97 Å². The van der Waals surface area contributed by atoms with Crippen LogP contribution in [0.4, 0.5) is 0 Å². The monoisotopic (exact) mass is 334 g/mol. The summed E-state index contributed by atoms with van der Waals surface area (Å²) >= 11 is 9.02. The summed E-state index contributed by atoms with van der Waals surface area (Å²) in [7, 11) is 0. The van der Waals surface area contributed by atoms with Crippen LogP contribution in [0.3, 0.4) is 0 Å². The van der Waals surface area contributed by atoms with Crippen LogP contribution in [0.25, 0.3) is 0 Å². The Bertz CT molecular complexity index is 437. The zero-order chi connectivity index (χ0) is 13.9. The summed E-state index contributed by atoms with van der Waals surface area (Å²) in [6.45, 7) is 1.41. The number of Topliss-reactive ketones (excluding diaryl/α,β-unsaturated/α-hetero) is 1. The first-order valence-electron chi connectivity index (χ1n) is 5.13. The second-order valence-corrected chi connectivity index (χ2v) is 4.95. The summed E-state index contributed by atoms with van der Waals surface area (Å²) < 4.78 is 0. The van der Waals surface area contributed by atoms with E-state index in [0.717, 1.165) is 0 Å². The van der Waals surface area contributed by atoms with E-state index in [4.69, 9.17) is 16.7 Å². The van der Waals surface area contributed by atoms with E-state index in [1.54, 1.807) is 12.1 Å². The maximum Gasteiger partial charge on any atom is 0.337 e. The van der Waals surface area contributed by atoms with Gasteiger partial charge in [-0.25, -0.2) is 4.79 Å². The average molecular weight is 336 g/mol. The van der Waals surface area contributed by atoms with E-state index in [2.05, 4.69) is 15.9 Å². The predicted octanol–water partition coefficient (Wildman–Crippen LogP) is 2.57. The van der Waals surface area contributed by atoms with Crippen LogP contribution < -0.4 is 0 Å². The molecule has 0 aliphatic carbocycles. The van der Waals surface area contributed by atoms with Gasteiger partial charge in [-0.15, -0.1) is 11.6 Å². The van der Waals surface area contributed by atoms with E-state index in [1.165, 1.54) is 13.0 Å². The van der Waals surface area contributed by atoms with Crippen molar-refractivity contribution in [3.05, 3.63) is 34.9 Å². The number of benzene rings is 1. The van der Waals surface area contributed by atoms with Crippen molar-refractivity contribution in [3.8, 4) is 0 Å². The standard InChI is InChI=1S/C12H12BrClO4/c1-6(15)10(13)7-3-2-4-8(9(7)5-14)11(16)12(17)18/h2-4,10-11,16H,5H2,1H3,(H,17,18). The van der Waals surface area contributed by atoms with Crippen molar-refractivity contribution in [1.82, 2.24) is 0 Å². The summed E-state index contributed by atoms with van der Waals surface area (Å²) in [6.07, 6.45) is -1.65. The second-order valence-electron chi connectivity index (χ2n) is 3.76. The van der Waals surface area contributed by atoms with Crippen LogP contribution in [0.5, 0.6) is 0 Å². The van der Waals surface area contributed by atoms with Gasteiger partial charge in [0.1, 0.15) is 5.78 Å². The van der Waals surface area contributed by atoms with Gasteiger partial charge in [-0.1, -0.05) is 34.1 Å². The third kappa shape index (κ3) is 3.10. The molecule has 0 heterocycles. The molecule has 98 valence electrons. The molecule has 0 aromatic heterocycles. The molecule has 0 bridgehead atoms. The molecule has 0 amide bonds. The lowest BCUT2D eigenvalue weighted by molar-refractivity contribution is -0.147. The van der Waals surface area contributed by atoms with E-state index >= 15 is 0 Å². The van der Waals surface area contributed by atoms with Crippen molar-refractivity contribution in [3.63, 3.8) is 0 Å². The third-order valence-electron chi connectivity index (χ3n) is 2.54. The molecule has 6 heteroatoms. The topological polar surface area (TPSA) is 74.6 Å². The maximum absolute atomic E-state index is 11.4. The smallest absolute Gasteiger partial charge is 0.337 e. The second kappa shape index (κ2) is 6.31. The number of rotatable bonds is 5. The quantitative estimate of drug-likeness (QED) is 0.811. The van der Waals surface area contributed by atoms with Gasteiger partial charge in [-0.3, -0.25) is 4.79 Å². The lowest BCUT2D eigenvalue weighted by Crippen LogP contribution is -2.15. The molecule has 2 atom stereocenters. The highest BCUT2D eigenvalue weighted by Gasteiger charge is 2.24. The Morgan fingerprint density at radius 2 is 1.94 bits per heavy atom. The van der Waals surface area contributed by atoms with Crippen LogP contribution in [-0.2, 0) is 15.5 Å². The minimum absolute atomic E-state index is 0.0191. The first-order valence-corrected chi connectivity index (χ1v) is 6.58. The minimum Gasteiger partial charge on any atom is -0.479 e. The Morgan fingerprint density at radius 1 is 1.39 bits per heavy atom. The van der Waals surface area contributed by atoms with Crippen LogP contribution in [0.1, 0.15) is 34.5 Å². The SMILES string of the molecule is CC(=O)C(Br)c1cccc(C(O)C(=O)O)c1CCl. The van der Waals surface area contributed by atoms with Gasteiger partial charge in [0, 0.05) is 5.88 Å². The van der Waals surface area contributed by atoms with Crippen molar-refractivity contribution < 1.29 is 19.8 Å². The van der Waals surface area contributed by atoms with Gasteiger partial charge < -0.3 is 10.2 Å². The summed E-state index contributed by atoms with van der Waals surface area (Å²) in [6, 6.07) is 4.75. The molecule has 0 aliphatic rings. The molecule has 18 heavy (non-hydrogen) atoms. The molecular weight excluding hydrogens is 323 g/mol. The van der Waals surface area contributed by atoms with Gasteiger partial charge in [0.15, 0.2) is 6.10 Å². The molecule has 1 aromatic rings. The van der Waals surface area contributed by atoms with E-state index < -0.39 is 16.9 Å². The molecular formula is C12H12BrClO4. The van der Waals surface area contributed by atoms with Gasteiger partial charge in [-0.2, -0.15) is 0 Å². The van der Waals surface area contributed by atoms with Crippen molar-refractivity contribution in [2.24, 2.45) is 0 Å². The predicted molar refractivity (Wildman–Crippen MR) is 70.9 cm³/mol. The van der Waals surface area contributed by atoms with E-state index in [0.29, 0.717) is 11.1 Å². The molecule has 0 fully saturated rings. The number of hydrogen-bond donors (Lipinski definition) is 2. The number of hydrogen-bond acceptors (Lipinski definition) is 3. The zero-order valence-corrected chi connectivity index (χ0v) is 11.9. The number of alkyl halides is 2. The number of ketones is 1. The zero-order valence-electron chi connectivity index (χ0n) is 9.56. The Hall–Kier alpha value is -0.910. The average Bonchev–Trinajstić information content (AvgIpc) is 2.35. The molecule has 1 aromatic carbocycles. The van der Waals surface area contributed by atoms with Crippen LogP contribution in [0.2, 0.25) is 0 Å². The number of aliphatic hydroxyl groups excluding tert-OH is 1. The lowest BCUT2D eigenvalue weighted by Gasteiger charge is -2.17. The van der Waals surface area contributed by atoms with Gasteiger partial charge in [0.05, 0.1) is 4.83 Å². The number of aliphatic hydroxyl groups is 1. The summed E-state index contributed by atoms with van der Waals surface area (Å²) in [5.41, 5.74) is 1.25. The fourth-order valence-electron chi connectivity index (χ4n) is 1.62.